The highest BCUT2D eigenvalue weighted by atomic mass is 35.5. The number of benzene rings is 2. The molecule has 3 aromatic rings. The van der Waals surface area contributed by atoms with Crippen LogP contribution in [0.4, 0.5) is 5.69 Å². The minimum atomic E-state index is -0.542. The molecular weight excluding hydrogens is 402 g/mol. The first kappa shape index (κ1) is 19.0. The number of carbonyl (C=O) groups is 1. The van der Waals surface area contributed by atoms with Crippen LogP contribution in [0.5, 0.6) is 11.5 Å². The third-order valence-corrected chi connectivity index (χ3v) is 5.99. The van der Waals surface area contributed by atoms with Crippen molar-refractivity contribution in [3.05, 3.63) is 64.9 Å². The maximum Gasteiger partial charge on any atom is 0.260 e. The first-order chi connectivity index (χ1) is 14.5. The van der Waals surface area contributed by atoms with Gasteiger partial charge in [-0.15, -0.1) is 0 Å². The van der Waals surface area contributed by atoms with E-state index in [9.17, 15) is 4.79 Å². The minimum Gasteiger partial charge on any atom is -0.448 e. The number of aromatic nitrogens is 2. The second-order valence-electron chi connectivity index (χ2n) is 7.79. The molecule has 1 N–H and O–H groups in total. The fourth-order valence-corrected chi connectivity index (χ4v) is 4.51. The molecule has 0 unspecified atom stereocenters. The maximum absolute atomic E-state index is 13.0. The molecule has 1 amide bonds. The van der Waals surface area contributed by atoms with Crippen LogP contribution in [0.25, 0.3) is 5.69 Å². The maximum atomic E-state index is 13.0. The van der Waals surface area contributed by atoms with E-state index >= 15 is 0 Å². The van der Waals surface area contributed by atoms with Crippen LogP contribution >= 0.6 is 11.6 Å². The van der Waals surface area contributed by atoms with Gasteiger partial charge in [0, 0.05) is 24.6 Å². The number of carbonyl (C=O) groups excluding carboxylic acids is 1. The largest absolute Gasteiger partial charge is 0.448 e. The number of amides is 1. The van der Waals surface area contributed by atoms with E-state index in [0.717, 1.165) is 37.1 Å². The molecule has 2 heterocycles. The molecule has 7 heteroatoms. The lowest BCUT2D eigenvalue weighted by atomic mass is 9.94. The van der Waals surface area contributed by atoms with Crippen molar-refractivity contribution >= 4 is 23.2 Å². The van der Waals surface area contributed by atoms with Crippen LogP contribution in [0.1, 0.15) is 48.2 Å². The Morgan fingerprint density at radius 3 is 2.57 bits per heavy atom. The zero-order valence-electron chi connectivity index (χ0n) is 16.7. The summed E-state index contributed by atoms with van der Waals surface area (Å²) in [6.45, 7) is 1.77. The van der Waals surface area contributed by atoms with Crippen molar-refractivity contribution in [1.29, 1.82) is 0 Å². The predicted octanol–water partition coefficient (Wildman–Crippen LogP) is 5.52. The zero-order valence-corrected chi connectivity index (χ0v) is 17.4. The van der Waals surface area contributed by atoms with Gasteiger partial charge in [-0.2, -0.15) is 5.10 Å². The van der Waals surface area contributed by atoms with Gasteiger partial charge in [-0.1, -0.05) is 36.2 Å². The summed E-state index contributed by atoms with van der Waals surface area (Å²) in [5.74, 6) is 0.532. The Labute approximate surface area is 179 Å². The normalized spacial score (nSPS) is 16.6. The van der Waals surface area contributed by atoms with Gasteiger partial charge in [-0.05, 0) is 44.0 Å². The molecule has 0 radical (unpaired) electrons. The summed E-state index contributed by atoms with van der Waals surface area (Å²) in [5, 5.41) is 7.63. The van der Waals surface area contributed by atoms with E-state index in [2.05, 4.69) is 10.4 Å². The van der Waals surface area contributed by atoms with E-state index in [0.29, 0.717) is 22.7 Å². The number of anilines is 1. The number of rotatable bonds is 3. The monoisotopic (exact) mass is 423 g/mol. The van der Waals surface area contributed by atoms with E-state index in [4.69, 9.17) is 21.1 Å². The quantitative estimate of drug-likeness (QED) is 0.602. The average Bonchev–Trinajstić information content (AvgIpc) is 3.24. The van der Waals surface area contributed by atoms with Crippen molar-refractivity contribution in [2.24, 2.45) is 0 Å². The lowest BCUT2D eigenvalue weighted by Gasteiger charge is -2.31. The van der Waals surface area contributed by atoms with Crippen LogP contribution in [0.3, 0.4) is 0 Å². The van der Waals surface area contributed by atoms with Crippen molar-refractivity contribution in [1.82, 2.24) is 9.78 Å². The van der Waals surface area contributed by atoms with E-state index in [1.54, 1.807) is 17.7 Å². The van der Waals surface area contributed by atoms with E-state index in [1.165, 1.54) is 6.42 Å². The second-order valence-corrected chi connectivity index (χ2v) is 8.15. The SMILES string of the molecule is Cc1nn(-c2ccccc2)c(Cl)c1C(=O)Nc1ccc2c(c1)OC1(CCCCC1)O2. The van der Waals surface area contributed by atoms with Crippen LogP contribution in [0.15, 0.2) is 48.5 Å². The highest BCUT2D eigenvalue weighted by Gasteiger charge is 2.42. The van der Waals surface area contributed by atoms with Gasteiger partial charge in [0.05, 0.1) is 11.4 Å². The van der Waals surface area contributed by atoms with Gasteiger partial charge in [-0.3, -0.25) is 4.79 Å². The molecule has 2 aromatic carbocycles. The number of nitrogens with one attached hydrogen (secondary N) is 1. The molecule has 1 fully saturated rings. The molecule has 6 nitrogen and oxygen atoms in total. The lowest BCUT2D eigenvalue weighted by Crippen LogP contribution is -2.40. The topological polar surface area (TPSA) is 65.4 Å². The second kappa shape index (κ2) is 7.36. The highest BCUT2D eigenvalue weighted by Crippen LogP contribution is 2.46. The summed E-state index contributed by atoms with van der Waals surface area (Å²) >= 11 is 6.51. The van der Waals surface area contributed by atoms with Crippen LogP contribution in [-0.2, 0) is 0 Å². The Bertz CT molecular complexity index is 1100. The summed E-state index contributed by atoms with van der Waals surface area (Å²) in [4.78, 5) is 13.0. The predicted molar refractivity (Wildman–Crippen MR) is 115 cm³/mol. The molecule has 30 heavy (non-hydrogen) atoms. The van der Waals surface area contributed by atoms with Crippen LogP contribution in [-0.4, -0.2) is 21.5 Å². The van der Waals surface area contributed by atoms with E-state index in [1.807, 2.05) is 42.5 Å². The van der Waals surface area contributed by atoms with Crippen LogP contribution < -0.4 is 14.8 Å². The Kier molecular flexibility index (Phi) is 4.66. The highest BCUT2D eigenvalue weighted by molar-refractivity contribution is 6.34. The molecule has 1 spiro atoms. The van der Waals surface area contributed by atoms with Gasteiger partial charge in [0.2, 0.25) is 0 Å². The van der Waals surface area contributed by atoms with Gasteiger partial charge in [0.1, 0.15) is 10.7 Å². The average molecular weight is 424 g/mol. The van der Waals surface area contributed by atoms with Gasteiger partial charge in [0.15, 0.2) is 11.5 Å². The number of nitrogens with zero attached hydrogens (tertiary/aromatic N) is 2. The van der Waals surface area contributed by atoms with Crippen molar-refractivity contribution in [3.63, 3.8) is 0 Å². The zero-order chi connectivity index (χ0) is 20.7. The number of hydrogen-bond acceptors (Lipinski definition) is 4. The molecule has 1 saturated carbocycles. The van der Waals surface area contributed by atoms with E-state index in [-0.39, 0.29) is 11.1 Å². The van der Waals surface area contributed by atoms with Gasteiger partial charge in [-0.25, -0.2) is 4.68 Å². The molecule has 5 rings (SSSR count). The number of fused-ring (bicyclic) bond motifs is 1. The number of halogens is 1. The summed E-state index contributed by atoms with van der Waals surface area (Å²) in [6, 6.07) is 14.9. The smallest absolute Gasteiger partial charge is 0.260 e. The fourth-order valence-electron chi connectivity index (χ4n) is 4.16. The standard InChI is InChI=1S/C23H22ClN3O3/c1-15-20(21(24)27(26-15)17-8-4-2-5-9-17)22(28)25-16-10-11-18-19(14-16)30-23(29-18)12-6-3-7-13-23/h2,4-5,8-11,14H,3,6-7,12-13H2,1H3,(H,25,28). The Hall–Kier alpha value is -2.99. The Morgan fingerprint density at radius 2 is 1.80 bits per heavy atom. The number of ether oxygens (including phenoxy) is 2. The van der Waals surface area contributed by atoms with E-state index < -0.39 is 5.79 Å². The lowest BCUT2D eigenvalue weighted by molar-refractivity contribution is -0.105. The molecular formula is C23H22ClN3O3. The van der Waals surface area contributed by atoms with Gasteiger partial charge >= 0.3 is 0 Å². The number of hydrogen-bond donors (Lipinski definition) is 1. The molecule has 2 aliphatic rings. The number of aryl methyl sites for hydroxylation is 1. The fraction of sp³-hybridized carbons (Fsp3) is 0.304. The van der Waals surface area contributed by atoms with Crippen LogP contribution in [0, 0.1) is 6.92 Å². The summed E-state index contributed by atoms with van der Waals surface area (Å²) in [7, 11) is 0. The third kappa shape index (κ3) is 3.31. The first-order valence-corrected chi connectivity index (χ1v) is 10.6. The molecule has 154 valence electrons. The molecule has 0 atom stereocenters. The summed E-state index contributed by atoms with van der Waals surface area (Å²) < 4.78 is 13.8. The van der Waals surface area contributed by atoms with Gasteiger partial charge < -0.3 is 14.8 Å². The van der Waals surface area contributed by atoms with Crippen molar-refractivity contribution in [2.75, 3.05) is 5.32 Å². The summed E-state index contributed by atoms with van der Waals surface area (Å²) in [5.41, 5.74) is 2.33. The molecule has 1 aliphatic heterocycles. The number of para-hydroxylation sites is 1. The van der Waals surface area contributed by atoms with Crippen LogP contribution in [0.2, 0.25) is 5.15 Å². The summed E-state index contributed by atoms with van der Waals surface area (Å²) in [6.07, 6.45) is 5.18. The third-order valence-electron chi connectivity index (χ3n) is 5.64. The van der Waals surface area contributed by atoms with Crippen molar-refractivity contribution < 1.29 is 14.3 Å². The Morgan fingerprint density at radius 1 is 1.07 bits per heavy atom. The molecule has 0 bridgehead atoms. The first-order valence-electron chi connectivity index (χ1n) is 10.2. The minimum absolute atomic E-state index is 0.276. The van der Waals surface area contributed by atoms with Gasteiger partial charge in [0.25, 0.3) is 11.7 Å². The Balaban J connectivity index is 1.37. The molecule has 0 saturated heterocycles. The van der Waals surface area contributed by atoms with Crippen molar-refractivity contribution in [3.8, 4) is 17.2 Å². The molecule has 1 aliphatic carbocycles. The van der Waals surface area contributed by atoms with Crippen molar-refractivity contribution in [2.45, 2.75) is 44.8 Å². The molecule has 1 aromatic heterocycles.